The van der Waals surface area contributed by atoms with Crippen molar-refractivity contribution in [3.05, 3.63) is 53.6 Å². The molecule has 0 unspecified atom stereocenters. The van der Waals surface area contributed by atoms with E-state index in [9.17, 15) is 4.79 Å². The Balaban J connectivity index is 1.60. The quantitative estimate of drug-likeness (QED) is 0.747. The fourth-order valence-corrected chi connectivity index (χ4v) is 3.15. The summed E-state index contributed by atoms with van der Waals surface area (Å²) in [6.45, 7) is 2.13. The van der Waals surface area contributed by atoms with E-state index in [1.165, 1.54) is 22.3 Å². The van der Waals surface area contributed by atoms with E-state index in [2.05, 4.69) is 48.6 Å². The molecule has 4 rings (SSSR count). The first-order chi connectivity index (χ1) is 9.72. The molecule has 0 aromatic heterocycles. The maximum absolute atomic E-state index is 12.0. The van der Waals surface area contributed by atoms with E-state index in [4.69, 9.17) is 0 Å². The maximum Gasteiger partial charge on any atom is 0.227 e. The third-order valence-electron chi connectivity index (χ3n) is 4.51. The number of anilines is 1. The van der Waals surface area contributed by atoms with E-state index >= 15 is 0 Å². The van der Waals surface area contributed by atoms with Crippen molar-refractivity contribution >= 4 is 11.6 Å². The molecule has 100 valence electrons. The highest BCUT2D eigenvalue weighted by Crippen LogP contribution is 2.40. The molecule has 0 heterocycles. The van der Waals surface area contributed by atoms with Crippen molar-refractivity contribution in [2.24, 2.45) is 11.8 Å². The Labute approximate surface area is 118 Å². The van der Waals surface area contributed by atoms with Crippen molar-refractivity contribution in [1.29, 1.82) is 0 Å². The summed E-state index contributed by atoms with van der Waals surface area (Å²) in [6.07, 6.45) is 2.00. The molecule has 1 N–H and O–H groups in total. The van der Waals surface area contributed by atoms with Gasteiger partial charge in [0, 0.05) is 11.6 Å². The number of rotatable bonds is 2. The zero-order valence-electron chi connectivity index (χ0n) is 11.5. The molecule has 0 bridgehead atoms. The van der Waals surface area contributed by atoms with E-state index < -0.39 is 0 Å². The van der Waals surface area contributed by atoms with Crippen LogP contribution in [0.4, 0.5) is 5.69 Å². The number of carbonyl (C=O) groups is 1. The van der Waals surface area contributed by atoms with Gasteiger partial charge in [-0.15, -0.1) is 0 Å². The molecule has 0 spiro atoms. The number of fused-ring (bicyclic) bond motifs is 3. The molecule has 20 heavy (non-hydrogen) atoms. The minimum atomic E-state index is 0.174. The van der Waals surface area contributed by atoms with Crippen LogP contribution in [0.3, 0.4) is 0 Å². The number of hydrogen-bond acceptors (Lipinski definition) is 1. The lowest BCUT2D eigenvalue weighted by atomic mass is 10.1. The minimum absolute atomic E-state index is 0.174. The molecule has 2 heteroatoms. The van der Waals surface area contributed by atoms with Crippen molar-refractivity contribution in [3.63, 3.8) is 0 Å². The Morgan fingerprint density at radius 3 is 2.65 bits per heavy atom. The van der Waals surface area contributed by atoms with Gasteiger partial charge in [0.15, 0.2) is 0 Å². The van der Waals surface area contributed by atoms with Gasteiger partial charge >= 0.3 is 0 Å². The van der Waals surface area contributed by atoms with Crippen LogP contribution in [0.1, 0.15) is 24.5 Å². The summed E-state index contributed by atoms with van der Waals surface area (Å²) in [5.41, 5.74) is 6.25. The van der Waals surface area contributed by atoms with Crippen LogP contribution in [-0.2, 0) is 11.2 Å². The highest BCUT2D eigenvalue weighted by atomic mass is 16.2. The van der Waals surface area contributed by atoms with Crippen LogP contribution in [0.15, 0.2) is 42.5 Å². The molecule has 2 nitrogen and oxygen atoms in total. The predicted molar refractivity (Wildman–Crippen MR) is 80.6 cm³/mol. The lowest BCUT2D eigenvalue weighted by molar-refractivity contribution is -0.117. The second kappa shape index (κ2) is 4.20. The molecule has 0 aliphatic heterocycles. The van der Waals surface area contributed by atoms with Crippen molar-refractivity contribution < 1.29 is 4.79 Å². The zero-order valence-corrected chi connectivity index (χ0v) is 11.5. The highest BCUT2D eigenvalue weighted by molar-refractivity contribution is 5.95. The Hall–Kier alpha value is -2.09. The number of amides is 1. The van der Waals surface area contributed by atoms with Crippen LogP contribution in [0.25, 0.3) is 11.1 Å². The number of nitrogens with one attached hydrogen (secondary N) is 1. The molecule has 2 aromatic rings. The van der Waals surface area contributed by atoms with Crippen molar-refractivity contribution in [2.75, 3.05) is 5.32 Å². The summed E-state index contributed by atoms with van der Waals surface area (Å²) in [5, 5.41) is 3.05. The fourth-order valence-electron chi connectivity index (χ4n) is 3.15. The Morgan fingerprint density at radius 2 is 1.85 bits per heavy atom. The van der Waals surface area contributed by atoms with Gasteiger partial charge in [0.05, 0.1) is 0 Å². The number of hydrogen-bond donors (Lipinski definition) is 1. The number of carbonyl (C=O) groups excluding carboxylic acids is 1. The van der Waals surface area contributed by atoms with E-state index in [0.29, 0.717) is 5.92 Å². The highest BCUT2D eigenvalue weighted by Gasteiger charge is 2.39. The fraction of sp³-hybridized carbons (Fsp3) is 0.278. The molecular weight excluding hydrogens is 246 g/mol. The summed E-state index contributed by atoms with van der Waals surface area (Å²) in [6, 6.07) is 14.8. The van der Waals surface area contributed by atoms with Crippen molar-refractivity contribution in [2.45, 2.75) is 19.8 Å². The zero-order chi connectivity index (χ0) is 13.7. The van der Waals surface area contributed by atoms with Gasteiger partial charge in [-0.05, 0) is 53.1 Å². The van der Waals surface area contributed by atoms with E-state index in [1.54, 1.807) is 0 Å². The third kappa shape index (κ3) is 1.83. The molecule has 0 radical (unpaired) electrons. The normalized spacial score (nSPS) is 22.1. The summed E-state index contributed by atoms with van der Waals surface area (Å²) in [4.78, 5) is 12.0. The van der Waals surface area contributed by atoms with Crippen LogP contribution >= 0.6 is 0 Å². The molecule has 1 fully saturated rings. The van der Waals surface area contributed by atoms with Crippen molar-refractivity contribution in [3.8, 4) is 11.1 Å². The second-order valence-corrected chi connectivity index (χ2v) is 6.01. The van der Waals surface area contributed by atoms with Gasteiger partial charge < -0.3 is 5.32 Å². The molecule has 1 saturated carbocycles. The summed E-state index contributed by atoms with van der Waals surface area (Å²) in [5.74, 6) is 0.946. The lowest BCUT2D eigenvalue weighted by Gasteiger charge is -2.07. The van der Waals surface area contributed by atoms with Crippen LogP contribution < -0.4 is 5.32 Å². The van der Waals surface area contributed by atoms with Gasteiger partial charge in [0.25, 0.3) is 0 Å². The first-order valence-electron chi connectivity index (χ1n) is 7.24. The van der Waals surface area contributed by atoms with E-state index in [1.807, 2.05) is 6.07 Å². The predicted octanol–water partition coefficient (Wildman–Crippen LogP) is 3.85. The molecular formula is C18H17NO. The summed E-state index contributed by atoms with van der Waals surface area (Å²) >= 11 is 0. The average Bonchev–Trinajstić information content (AvgIpc) is 3.07. The van der Waals surface area contributed by atoms with Gasteiger partial charge in [0.2, 0.25) is 5.91 Å². The standard InChI is InChI=1S/C18H17NO/c1-11-8-17(11)18(20)19-14-6-7-16-13(10-14)9-12-4-2-3-5-15(12)16/h2-7,10-11,17H,8-9H2,1H3,(H,19,20)/t11-,17-/m1/s1. The summed E-state index contributed by atoms with van der Waals surface area (Å²) in [7, 11) is 0. The largest absolute Gasteiger partial charge is 0.326 e. The van der Waals surface area contributed by atoms with Gasteiger partial charge in [-0.3, -0.25) is 4.79 Å². The van der Waals surface area contributed by atoms with E-state index in [-0.39, 0.29) is 11.8 Å². The minimum Gasteiger partial charge on any atom is -0.326 e. The monoisotopic (exact) mass is 263 g/mol. The molecule has 2 aliphatic carbocycles. The molecule has 1 amide bonds. The Bertz CT molecular complexity index is 704. The topological polar surface area (TPSA) is 29.1 Å². The van der Waals surface area contributed by atoms with Crippen LogP contribution in [0.5, 0.6) is 0 Å². The van der Waals surface area contributed by atoms with E-state index in [0.717, 1.165) is 18.5 Å². The van der Waals surface area contributed by atoms with Crippen LogP contribution in [-0.4, -0.2) is 5.91 Å². The maximum atomic E-state index is 12.0. The average molecular weight is 263 g/mol. The third-order valence-corrected chi connectivity index (χ3v) is 4.51. The van der Waals surface area contributed by atoms with Crippen LogP contribution in [0.2, 0.25) is 0 Å². The van der Waals surface area contributed by atoms with Gasteiger partial charge in [-0.2, -0.15) is 0 Å². The van der Waals surface area contributed by atoms with Gasteiger partial charge in [0.1, 0.15) is 0 Å². The number of benzene rings is 2. The lowest BCUT2D eigenvalue weighted by Crippen LogP contribution is -2.14. The smallest absolute Gasteiger partial charge is 0.227 e. The van der Waals surface area contributed by atoms with Gasteiger partial charge in [-0.1, -0.05) is 37.3 Å². The van der Waals surface area contributed by atoms with Crippen molar-refractivity contribution in [1.82, 2.24) is 0 Å². The summed E-state index contributed by atoms with van der Waals surface area (Å²) < 4.78 is 0. The molecule has 2 atom stereocenters. The first-order valence-corrected chi connectivity index (χ1v) is 7.24. The first kappa shape index (κ1) is 11.7. The SMILES string of the molecule is C[C@@H]1C[C@H]1C(=O)Nc1ccc2c(c1)Cc1ccccc1-2. The molecule has 0 saturated heterocycles. The molecule has 2 aliphatic rings. The van der Waals surface area contributed by atoms with Crippen LogP contribution in [0, 0.1) is 11.8 Å². The second-order valence-electron chi connectivity index (χ2n) is 6.01. The Morgan fingerprint density at radius 1 is 1.10 bits per heavy atom. The molecule has 2 aromatic carbocycles. The van der Waals surface area contributed by atoms with Gasteiger partial charge in [-0.25, -0.2) is 0 Å². The Kier molecular flexibility index (Phi) is 2.46.